The molecule has 2 aliphatic heterocycles. The predicted octanol–water partition coefficient (Wildman–Crippen LogP) is 3.51. The number of aromatic nitrogens is 1. The molecule has 2 atom stereocenters. The van der Waals surface area contributed by atoms with E-state index >= 15 is 0 Å². The van der Waals surface area contributed by atoms with Crippen molar-refractivity contribution in [2.45, 2.75) is 51.1 Å². The molecule has 24 heavy (non-hydrogen) atoms. The molecular weight excluding hydrogens is 302 g/mol. The van der Waals surface area contributed by atoms with Crippen LogP contribution in [0.25, 0.3) is 11.3 Å². The quantitative estimate of drug-likeness (QED) is 0.903. The van der Waals surface area contributed by atoms with Crippen molar-refractivity contribution in [1.82, 2.24) is 10.3 Å². The molecule has 0 radical (unpaired) electrons. The third-order valence-electron chi connectivity index (χ3n) is 5.12. The van der Waals surface area contributed by atoms with Crippen molar-refractivity contribution in [3.05, 3.63) is 36.4 Å². The molecule has 1 amide bonds. The minimum Gasteiger partial charge on any atom is -0.441 e. The number of rotatable bonds is 4. The fourth-order valence-corrected chi connectivity index (χ4v) is 4.03. The molecule has 0 saturated carbocycles. The highest BCUT2D eigenvalue weighted by Gasteiger charge is 2.34. The van der Waals surface area contributed by atoms with E-state index in [4.69, 9.17) is 4.42 Å². The zero-order valence-corrected chi connectivity index (χ0v) is 13.9. The summed E-state index contributed by atoms with van der Waals surface area (Å²) >= 11 is 0. The van der Waals surface area contributed by atoms with Gasteiger partial charge < -0.3 is 15.1 Å². The highest BCUT2D eigenvalue weighted by molar-refractivity contribution is 5.91. The van der Waals surface area contributed by atoms with Gasteiger partial charge in [-0.1, -0.05) is 0 Å². The number of amides is 1. The first-order valence-corrected chi connectivity index (χ1v) is 8.74. The number of benzene rings is 1. The summed E-state index contributed by atoms with van der Waals surface area (Å²) in [6, 6.07) is 8.98. The van der Waals surface area contributed by atoms with Gasteiger partial charge in [-0.2, -0.15) is 0 Å². The average molecular weight is 325 g/mol. The number of hydrogen-bond acceptors (Lipinski definition) is 4. The Labute approximate surface area is 141 Å². The van der Waals surface area contributed by atoms with Gasteiger partial charge in [0.05, 0.1) is 6.20 Å². The maximum Gasteiger partial charge on any atom is 0.224 e. The van der Waals surface area contributed by atoms with Gasteiger partial charge in [0.2, 0.25) is 5.91 Å². The van der Waals surface area contributed by atoms with E-state index in [0.29, 0.717) is 30.3 Å². The monoisotopic (exact) mass is 325 g/mol. The van der Waals surface area contributed by atoms with E-state index in [0.717, 1.165) is 29.9 Å². The van der Waals surface area contributed by atoms with Crippen LogP contribution in [0.3, 0.4) is 0 Å². The lowest BCUT2D eigenvalue weighted by Crippen LogP contribution is -2.39. The van der Waals surface area contributed by atoms with E-state index in [1.807, 2.05) is 31.2 Å². The van der Waals surface area contributed by atoms with Crippen molar-refractivity contribution in [3.8, 4) is 11.3 Å². The maximum absolute atomic E-state index is 12.3. The number of carbonyl (C=O) groups is 1. The summed E-state index contributed by atoms with van der Waals surface area (Å²) in [6.07, 6.45) is 7.14. The summed E-state index contributed by atoms with van der Waals surface area (Å²) in [6.45, 7) is 1.82. The number of piperidine rings is 1. The topological polar surface area (TPSA) is 67.2 Å². The highest BCUT2D eigenvalue weighted by atomic mass is 16.4. The van der Waals surface area contributed by atoms with Gasteiger partial charge in [-0.15, -0.1) is 0 Å². The van der Waals surface area contributed by atoms with Crippen LogP contribution in [0, 0.1) is 12.8 Å². The summed E-state index contributed by atoms with van der Waals surface area (Å²) in [5.41, 5.74) is 1.79. The van der Waals surface area contributed by atoms with Crippen molar-refractivity contribution in [3.63, 3.8) is 0 Å². The number of hydrogen-bond donors (Lipinski definition) is 2. The van der Waals surface area contributed by atoms with Crippen LogP contribution in [0.2, 0.25) is 0 Å². The third-order valence-corrected chi connectivity index (χ3v) is 5.12. The van der Waals surface area contributed by atoms with E-state index < -0.39 is 0 Å². The molecule has 3 heterocycles. The molecule has 2 aromatic rings. The first kappa shape index (κ1) is 15.4. The van der Waals surface area contributed by atoms with Crippen LogP contribution >= 0.6 is 0 Å². The van der Waals surface area contributed by atoms with Gasteiger partial charge in [0.1, 0.15) is 0 Å². The van der Waals surface area contributed by atoms with Crippen LogP contribution in [0.1, 0.15) is 38.0 Å². The molecule has 5 heteroatoms. The van der Waals surface area contributed by atoms with E-state index in [9.17, 15) is 4.79 Å². The fourth-order valence-electron chi connectivity index (χ4n) is 4.03. The van der Waals surface area contributed by atoms with Crippen LogP contribution in [0.5, 0.6) is 0 Å². The van der Waals surface area contributed by atoms with E-state index in [1.54, 1.807) is 6.20 Å². The molecule has 5 nitrogen and oxygen atoms in total. The van der Waals surface area contributed by atoms with Crippen LogP contribution in [0.4, 0.5) is 5.69 Å². The molecule has 2 saturated heterocycles. The summed E-state index contributed by atoms with van der Waals surface area (Å²) < 4.78 is 5.51. The average Bonchev–Trinajstić information content (AvgIpc) is 3.13. The molecule has 2 bridgehead atoms. The number of oxazole rings is 1. The second-order valence-electron chi connectivity index (χ2n) is 7.05. The van der Waals surface area contributed by atoms with Crippen molar-refractivity contribution >= 4 is 11.6 Å². The van der Waals surface area contributed by atoms with E-state index in [2.05, 4.69) is 15.6 Å². The molecule has 0 spiro atoms. The molecular formula is C19H23N3O2. The lowest BCUT2D eigenvalue weighted by Gasteiger charge is -2.28. The Morgan fingerprint density at radius 1 is 1.25 bits per heavy atom. The molecule has 4 rings (SSSR count). The number of nitrogens with zero attached hydrogens (tertiary/aromatic N) is 1. The molecule has 2 fully saturated rings. The van der Waals surface area contributed by atoms with Gasteiger partial charge in [-0.05, 0) is 55.9 Å². The van der Waals surface area contributed by atoms with Gasteiger partial charge in [-0.3, -0.25) is 4.79 Å². The lowest BCUT2D eigenvalue weighted by molar-refractivity contribution is -0.117. The van der Waals surface area contributed by atoms with Gasteiger partial charge in [0, 0.05) is 36.7 Å². The molecule has 126 valence electrons. The first-order chi connectivity index (χ1) is 11.7. The Bertz CT molecular complexity index is 710. The van der Waals surface area contributed by atoms with Gasteiger partial charge in [0.15, 0.2) is 11.7 Å². The van der Waals surface area contributed by atoms with Gasteiger partial charge in [-0.25, -0.2) is 4.98 Å². The summed E-state index contributed by atoms with van der Waals surface area (Å²) in [7, 11) is 0. The van der Waals surface area contributed by atoms with Crippen molar-refractivity contribution < 1.29 is 9.21 Å². The molecule has 2 unspecified atom stereocenters. The van der Waals surface area contributed by atoms with Gasteiger partial charge in [0.25, 0.3) is 0 Å². The Morgan fingerprint density at radius 2 is 1.96 bits per heavy atom. The summed E-state index contributed by atoms with van der Waals surface area (Å²) in [5.74, 6) is 2.03. The SMILES string of the molecule is Cc1ncc(-c2ccc(NC(=O)CC3CC4CCC(C3)N4)cc2)o1. The number of nitrogens with one attached hydrogen (secondary N) is 2. The van der Waals surface area contributed by atoms with E-state index in [1.165, 1.54) is 12.8 Å². The maximum atomic E-state index is 12.3. The molecule has 0 aliphatic carbocycles. The third kappa shape index (κ3) is 3.36. The zero-order valence-electron chi connectivity index (χ0n) is 13.9. The smallest absolute Gasteiger partial charge is 0.224 e. The minimum atomic E-state index is 0.115. The van der Waals surface area contributed by atoms with Crippen LogP contribution in [-0.4, -0.2) is 23.0 Å². The number of fused-ring (bicyclic) bond motifs is 2. The normalized spacial score (nSPS) is 25.6. The molecule has 2 aliphatic rings. The van der Waals surface area contributed by atoms with Crippen molar-refractivity contribution in [1.29, 1.82) is 0 Å². The Morgan fingerprint density at radius 3 is 2.58 bits per heavy atom. The summed E-state index contributed by atoms with van der Waals surface area (Å²) in [5, 5.41) is 6.64. The second-order valence-corrected chi connectivity index (χ2v) is 7.05. The Balaban J connectivity index is 1.34. The zero-order chi connectivity index (χ0) is 16.5. The minimum absolute atomic E-state index is 0.115. The molecule has 1 aromatic heterocycles. The van der Waals surface area contributed by atoms with Crippen LogP contribution in [0.15, 0.2) is 34.9 Å². The molecule has 1 aromatic carbocycles. The lowest BCUT2D eigenvalue weighted by atomic mass is 9.89. The fraction of sp³-hybridized carbons (Fsp3) is 0.474. The van der Waals surface area contributed by atoms with Gasteiger partial charge >= 0.3 is 0 Å². The Kier molecular flexibility index (Phi) is 4.10. The van der Waals surface area contributed by atoms with Crippen LogP contribution < -0.4 is 10.6 Å². The number of carbonyl (C=O) groups excluding carboxylic acids is 1. The largest absolute Gasteiger partial charge is 0.441 e. The summed E-state index contributed by atoms with van der Waals surface area (Å²) in [4.78, 5) is 16.4. The van der Waals surface area contributed by atoms with Crippen molar-refractivity contribution in [2.24, 2.45) is 5.92 Å². The van der Waals surface area contributed by atoms with Crippen molar-refractivity contribution in [2.75, 3.05) is 5.32 Å². The molecule has 2 N–H and O–H groups in total. The standard InChI is InChI=1S/C19H23N3O2/c1-12-20-11-18(24-12)14-2-4-15(5-3-14)22-19(23)10-13-8-16-6-7-17(9-13)21-16/h2-5,11,13,16-17,21H,6-10H2,1H3,(H,22,23). The van der Waals surface area contributed by atoms with Crippen LogP contribution in [-0.2, 0) is 4.79 Å². The predicted molar refractivity (Wildman–Crippen MR) is 92.6 cm³/mol. The highest BCUT2D eigenvalue weighted by Crippen LogP contribution is 2.33. The Hall–Kier alpha value is -2.14. The number of aryl methyl sites for hydroxylation is 1. The second kappa shape index (κ2) is 6.40. The van der Waals surface area contributed by atoms with E-state index in [-0.39, 0.29) is 5.91 Å². The first-order valence-electron chi connectivity index (χ1n) is 8.74. The number of anilines is 1.